The summed E-state index contributed by atoms with van der Waals surface area (Å²) in [6.45, 7) is 3.86. The van der Waals surface area contributed by atoms with E-state index in [4.69, 9.17) is 9.47 Å². The molecule has 3 rings (SSSR count). The highest BCUT2D eigenvalue weighted by Crippen LogP contribution is 2.27. The number of aryl methyl sites for hydroxylation is 1. The van der Waals surface area contributed by atoms with Crippen LogP contribution in [-0.2, 0) is 16.9 Å². The number of aromatic amines is 1. The van der Waals surface area contributed by atoms with Gasteiger partial charge in [0.2, 0.25) is 0 Å². The molecule has 8 heteroatoms. The smallest absolute Gasteiger partial charge is 0.322 e. The fourth-order valence-electron chi connectivity index (χ4n) is 2.61. The van der Waals surface area contributed by atoms with Crippen LogP contribution in [0.3, 0.4) is 0 Å². The number of rotatable bonds is 5. The van der Waals surface area contributed by atoms with Crippen molar-refractivity contribution in [1.82, 2.24) is 15.0 Å². The van der Waals surface area contributed by atoms with Crippen LogP contribution < -0.4 is 9.47 Å². The molecule has 0 saturated carbocycles. The molecule has 1 N–H and O–H groups in total. The molecular formula is C17H21MgN3O3S. The van der Waals surface area contributed by atoms with Gasteiger partial charge in [-0.25, -0.2) is 0 Å². The summed E-state index contributed by atoms with van der Waals surface area (Å²) < 4.78 is 23.3. The van der Waals surface area contributed by atoms with E-state index in [0.29, 0.717) is 10.9 Å². The Labute approximate surface area is 165 Å². The van der Waals surface area contributed by atoms with Crippen LogP contribution in [0.5, 0.6) is 11.5 Å². The number of ether oxygens (including phenoxy) is 2. The highest BCUT2D eigenvalue weighted by molar-refractivity contribution is 7.90. The number of nitrogens with one attached hydrogen (secondary N) is 1. The molecule has 0 radical (unpaired) electrons. The molecule has 6 nitrogen and oxygen atoms in total. The Kier molecular flexibility index (Phi) is 6.56. The van der Waals surface area contributed by atoms with E-state index in [2.05, 4.69) is 15.0 Å². The maximum atomic E-state index is 12.7. The summed E-state index contributed by atoms with van der Waals surface area (Å²) in [5.41, 5.74) is 4.16. The number of hydrogen-bond donors (Lipinski definition) is 1. The molecule has 2 heterocycles. The second-order valence-corrected chi connectivity index (χ2v) is 6.83. The molecule has 3 aromatic rings. The third kappa shape index (κ3) is 4.03. The molecule has 0 aliphatic rings. The van der Waals surface area contributed by atoms with Crippen molar-refractivity contribution in [2.75, 3.05) is 14.2 Å². The van der Waals surface area contributed by atoms with Crippen molar-refractivity contribution in [3.05, 3.63) is 41.2 Å². The lowest BCUT2D eigenvalue weighted by Gasteiger charge is -2.13. The Morgan fingerprint density at radius 2 is 1.96 bits per heavy atom. The fraction of sp³-hybridized carbons (Fsp3) is 0.294. The Hall–Kier alpha value is -1.48. The maximum absolute atomic E-state index is 12.7. The molecule has 0 unspecified atom stereocenters. The second kappa shape index (κ2) is 8.26. The first-order valence-electron chi connectivity index (χ1n) is 7.44. The van der Waals surface area contributed by atoms with Crippen LogP contribution in [0.15, 0.2) is 29.6 Å². The summed E-state index contributed by atoms with van der Waals surface area (Å²) >= 11 is -1.33. The van der Waals surface area contributed by atoms with Gasteiger partial charge in [0.15, 0.2) is 5.75 Å². The number of imidazole rings is 1. The maximum Gasteiger partial charge on any atom is 0.322 e. The zero-order valence-corrected chi connectivity index (χ0v) is 14.9. The molecular weight excluding hydrogens is 351 g/mol. The van der Waals surface area contributed by atoms with E-state index < -0.39 is 11.2 Å². The van der Waals surface area contributed by atoms with Crippen LogP contribution in [-0.4, -0.2) is 56.8 Å². The summed E-state index contributed by atoms with van der Waals surface area (Å²) in [4.78, 5) is 11.9. The Morgan fingerprint density at radius 1 is 1.20 bits per heavy atom. The van der Waals surface area contributed by atoms with Crippen LogP contribution >= 0.6 is 0 Å². The van der Waals surface area contributed by atoms with Crippen molar-refractivity contribution in [2.24, 2.45) is 0 Å². The van der Waals surface area contributed by atoms with Crippen LogP contribution in [0.2, 0.25) is 0 Å². The van der Waals surface area contributed by atoms with Crippen LogP contribution in [0.25, 0.3) is 11.0 Å². The Balaban J connectivity index is 0.00000225. The number of H-pyrrole nitrogens is 1. The molecule has 0 saturated heterocycles. The molecule has 25 heavy (non-hydrogen) atoms. The number of pyridine rings is 1. The minimum absolute atomic E-state index is 0. The summed E-state index contributed by atoms with van der Waals surface area (Å²) in [6.07, 6.45) is 1.74. The van der Waals surface area contributed by atoms with Crippen molar-refractivity contribution in [3.8, 4) is 11.5 Å². The lowest BCUT2D eigenvalue weighted by atomic mass is 10.1. The van der Waals surface area contributed by atoms with Gasteiger partial charge in [0.25, 0.3) is 0 Å². The average molecular weight is 372 g/mol. The standard InChI is InChI=1S/C17H19N3O3S.Mg.2H/c1-10-8-18-15(11(2)16(10)23-4)9-24(21)17-19-13-6-5-12(22-3)7-14(13)20-17;;;/h5-8H,9H2,1-4H3,(H,19,20);;;/t24-;;;/m0.../s1. The van der Waals surface area contributed by atoms with Gasteiger partial charge >= 0.3 is 28.2 Å². The zero-order valence-electron chi connectivity index (χ0n) is 14.0. The molecule has 130 valence electrons. The van der Waals surface area contributed by atoms with E-state index in [0.717, 1.165) is 33.6 Å². The van der Waals surface area contributed by atoms with E-state index in [9.17, 15) is 4.55 Å². The molecule has 0 spiro atoms. The van der Waals surface area contributed by atoms with Gasteiger partial charge in [-0.15, -0.1) is 0 Å². The number of methoxy groups -OCH3 is 2. The second-order valence-electron chi connectivity index (χ2n) is 5.46. The summed E-state index contributed by atoms with van der Waals surface area (Å²) in [7, 11) is 3.23. The van der Waals surface area contributed by atoms with E-state index in [-0.39, 0.29) is 28.8 Å². The zero-order chi connectivity index (χ0) is 17.3. The van der Waals surface area contributed by atoms with Crippen molar-refractivity contribution < 1.29 is 14.0 Å². The topological polar surface area (TPSA) is 83.1 Å². The summed E-state index contributed by atoms with van der Waals surface area (Å²) in [5, 5.41) is 0.430. The first kappa shape index (κ1) is 19.8. The number of nitrogens with zero attached hydrogens (tertiary/aromatic N) is 2. The van der Waals surface area contributed by atoms with Crippen LogP contribution in [0, 0.1) is 13.8 Å². The Morgan fingerprint density at radius 3 is 2.64 bits per heavy atom. The SMILES string of the molecule is COc1ccc2[nH]c([S@@+]([O-])Cc3ncc(C)c(OC)c3C)nc2c1.[MgH2]. The molecule has 0 fully saturated rings. The monoisotopic (exact) mass is 371 g/mol. The molecule has 0 aliphatic heterocycles. The van der Waals surface area contributed by atoms with Gasteiger partial charge < -0.3 is 14.0 Å². The van der Waals surface area contributed by atoms with Gasteiger partial charge in [-0.05, 0) is 26.0 Å². The predicted octanol–water partition coefficient (Wildman–Crippen LogP) is 1.98. The van der Waals surface area contributed by atoms with Gasteiger partial charge in [0.05, 0.1) is 30.9 Å². The summed E-state index contributed by atoms with van der Waals surface area (Å²) in [5.74, 6) is 1.78. The van der Waals surface area contributed by atoms with Crippen molar-refractivity contribution in [1.29, 1.82) is 0 Å². The number of hydrogen-bond acceptors (Lipinski definition) is 5. The number of benzene rings is 1. The fourth-order valence-corrected chi connectivity index (χ4v) is 3.71. The normalized spacial score (nSPS) is 11.9. The number of fused-ring (bicyclic) bond motifs is 1. The van der Waals surface area contributed by atoms with E-state index in [1.165, 1.54) is 0 Å². The van der Waals surface area contributed by atoms with Gasteiger partial charge in [-0.1, -0.05) is 0 Å². The molecule has 2 aromatic heterocycles. The average Bonchev–Trinajstić information content (AvgIpc) is 3.01. The Bertz CT molecular complexity index is 885. The lowest BCUT2D eigenvalue weighted by molar-refractivity contribution is 0.407. The van der Waals surface area contributed by atoms with E-state index in [1.807, 2.05) is 32.0 Å². The molecule has 0 bridgehead atoms. The van der Waals surface area contributed by atoms with Crippen molar-refractivity contribution in [2.45, 2.75) is 24.8 Å². The predicted molar refractivity (Wildman–Crippen MR) is 102 cm³/mol. The highest BCUT2D eigenvalue weighted by Gasteiger charge is 2.21. The van der Waals surface area contributed by atoms with E-state index >= 15 is 0 Å². The third-order valence-corrected chi connectivity index (χ3v) is 5.06. The van der Waals surface area contributed by atoms with Crippen molar-refractivity contribution >= 4 is 45.3 Å². The largest absolute Gasteiger partial charge is 0.609 e. The third-order valence-electron chi connectivity index (χ3n) is 3.90. The van der Waals surface area contributed by atoms with Crippen LogP contribution in [0.4, 0.5) is 0 Å². The molecule has 0 amide bonds. The molecule has 1 atom stereocenters. The van der Waals surface area contributed by atoms with E-state index in [1.54, 1.807) is 20.4 Å². The van der Waals surface area contributed by atoms with Gasteiger partial charge in [0, 0.05) is 34.6 Å². The molecule has 0 aliphatic carbocycles. The van der Waals surface area contributed by atoms with Gasteiger partial charge in [0.1, 0.15) is 11.5 Å². The lowest BCUT2D eigenvalue weighted by Crippen LogP contribution is -2.10. The van der Waals surface area contributed by atoms with Gasteiger partial charge in [-0.3, -0.25) is 9.97 Å². The van der Waals surface area contributed by atoms with Crippen molar-refractivity contribution in [3.63, 3.8) is 0 Å². The highest BCUT2D eigenvalue weighted by atomic mass is 32.2. The molecule has 1 aromatic carbocycles. The first-order valence-corrected chi connectivity index (χ1v) is 8.76. The minimum atomic E-state index is -1.33. The van der Waals surface area contributed by atoms with Crippen LogP contribution in [0.1, 0.15) is 16.8 Å². The minimum Gasteiger partial charge on any atom is -0.609 e. The number of aromatic nitrogens is 3. The first-order chi connectivity index (χ1) is 11.5. The summed E-state index contributed by atoms with van der Waals surface area (Å²) in [6, 6.07) is 5.51. The van der Waals surface area contributed by atoms with Gasteiger partial charge in [-0.2, -0.15) is 4.98 Å². The quantitative estimate of drug-likeness (QED) is 0.547.